The van der Waals surface area contributed by atoms with Gasteiger partial charge in [0.1, 0.15) is 5.82 Å². The average molecular weight is 197 g/mol. The number of hydrogen-bond acceptors (Lipinski definition) is 4. The van der Waals surface area contributed by atoms with Gasteiger partial charge in [-0.15, -0.1) is 5.10 Å². The molecule has 1 aromatic rings. The summed E-state index contributed by atoms with van der Waals surface area (Å²) in [4.78, 5) is 4.06. The Balaban J connectivity index is 2.31. The fourth-order valence-electron chi connectivity index (χ4n) is 1.55. The predicted molar refractivity (Wildman–Crippen MR) is 56.6 cm³/mol. The summed E-state index contributed by atoms with van der Waals surface area (Å²) in [5, 5.41) is 6.59. The van der Waals surface area contributed by atoms with E-state index in [0.717, 1.165) is 31.6 Å². The Bertz CT molecular complexity index is 257. The Morgan fingerprint density at radius 1 is 1.43 bits per heavy atom. The number of H-pyrrole nitrogens is 1. The predicted octanol–water partition coefficient (Wildman–Crippen LogP) is 0.694. The summed E-state index contributed by atoms with van der Waals surface area (Å²) in [5.74, 6) is 1.89. The number of nitrogens with zero attached hydrogens (tertiary/aromatic N) is 2. The highest BCUT2D eigenvalue weighted by Crippen LogP contribution is 2.14. The van der Waals surface area contributed by atoms with Crippen molar-refractivity contribution in [2.75, 3.05) is 12.3 Å². The second-order valence-electron chi connectivity index (χ2n) is 3.53. The molecule has 1 aromatic heterocycles. The van der Waals surface area contributed by atoms with Gasteiger partial charge in [0.2, 0.25) is 5.95 Å². The number of hydrogen-bond donors (Lipinski definition) is 3. The van der Waals surface area contributed by atoms with Crippen molar-refractivity contribution < 1.29 is 0 Å². The van der Waals surface area contributed by atoms with Gasteiger partial charge in [-0.2, -0.15) is 4.98 Å². The van der Waals surface area contributed by atoms with Crippen molar-refractivity contribution in [2.24, 2.45) is 11.7 Å². The molecule has 5 N–H and O–H groups in total. The molecule has 0 saturated carbocycles. The molecule has 1 heterocycles. The quantitative estimate of drug-likeness (QED) is 0.625. The van der Waals surface area contributed by atoms with E-state index >= 15 is 0 Å². The van der Waals surface area contributed by atoms with Crippen LogP contribution in [0.15, 0.2) is 0 Å². The monoisotopic (exact) mass is 197 g/mol. The summed E-state index contributed by atoms with van der Waals surface area (Å²) in [6.07, 6.45) is 4.26. The lowest BCUT2D eigenvalue weighted by Gasteiger charge is -2.11. The Labute approximate surface area is 84.3 Å². The van der Waals surface area contributed by atoms with Crippen molar-refractivity contribution in [1.82, 2.24) is 15.2 Å². The maximum atomic E-state index is 5.52. The number of aromatic nitrogens is 3. The second-order valence-corrected chi connectivity index (χ2v) is 3.53. The Morgan fingerprint density at radius 2 is 2.21 bits per heavy atom. The highest BCUT2D eigenvalue weighted by Gasteiger charge is 2.07. The summed E-state index contributed by atoms with van der Waals surface area (Å²) in [6, 6.07) is 0. The number of nitrogens with one attached hydrogen (secondary N) is 1. The molecule has 1 rings (SSSR count). The molecule has 5 heteroatoms. The minimum absolute atomic E-state index is 0.326. The maximum Gasteiger partial charge on any atom is 0.239 e. The largest absolute Gasteiger partial charge is 0.367 e. The number of anilines is 1. The lowest BCUT2D eigenvalue weighted by molar-refractivity contribution is 0.439. The third-order valence-corrected chi connectivity index (χ3v) is 2.49. The number of nitrogen functional groups attached to an aromatic ring is 1. The molecule has 1 atom stereocenters. The molecule has 0 amide bonds. The van der Waals surface area contributed by atoms with Crippen LogP contribution in [0, 0.1) is 5.92 Å². The van der Waals surface area contributed by atoms with Crippen molar-refractivity contribution in [3.8, 4) is 0 Å². The number of aryl methyl sites for hydroxylation is 1. The summed E-state index contributed by atoms with van der Waals surface area (Å²) < 4.78 is 0. The SMILES string of the molecule is CCC(CCN)CCc1nc(N)n[nH]1. The zero-order valence-electron chi connectivity index (χ0n) is 8.66. The molecular formula is C9H19N5. The van der Waals surface area contributed by atoms with Gasteiger partial charge in [-0.3, -0.25) is 5.10 Å². The Hall–Kier alpha value is -1.10. The first-order valence-electron chi connectivity index (χ1n) is 5.13. The molecule has 0 aromatic carbocycles. The van der Waals surface area contributed by atoms with Gasteiger partial charge in [0.25, 0.3) is 0 Å². The van der Waals surface area contributed by atoms with Crippen LogP contribution in [-0.2, 0) is 6.42 Å². The molecule has 0 radical (unpaired) electrons. The first-order chi connectivity index (χ1) is 6.76. The van der Waals surface area contributed by atoms with E-state index in [0.29, 0.717) is 11.9 Å². The normalized spacial score (nSPS) is 13.0. The van der Waals surface area contributed by atoms with Crippen molar-refractivity contribution in [3.63, 3.8) is 0 Å². The van der Waals surface area contributed by atoms with Crippen LogP contribution in [0.3, 0.4) is 0 Å². The zero-order chi connectivity index (χ0) is 10.4. The van der Waals surface area contributed by atoms with Crippen molar-refractivity contribution >= 4 is 5.95 Å². The van der Waals surface area contributed by atoms with Gasteiger partial charge in [0, 0.05) is 6.42 Å². The number of rotatable bonds is 6. The highest BCUT2D eigenvalue weighted by atomic mass is 15.3. The van der Waals surface area contributed by atoms with E-state index in [-0.39, 0.29) is 0 Å². The van der Waals surface area contributed by atoms with Gasteiger partial charge in [0.05, 0.1) is 0 Å². The standard InChI is InChI=1S/C9H19N5/c1-2-7(5-6-10)3-4-8-12-9(11)14-13-8/h7H,2-6,10H2,1H3,(H3,11,12,13,14). The van der Waals surface area contributed by atoms with Crippen LogP contribution in [0.1, 0.15) is 32.0 Å². The molecule has 0 aliphatic carbocycles. The van der Waals surface area contributed by atoms with Crippen LogP contribution in [-0.4, -0.2) is 21.7 Å². The summed E-state index contributed by atoms with van der Waals surface area (Å²) in [7, 11) is 0. The van der Waals surface area contributed by atoms with Crippen molar-refractivity contribution in [1.29, 1.82) is 0 Å². The molecule has 0 aliphatic rings. The molecular weight excluding hydrogens is 178 g/mol. The van der Waals surface area contributed by atoms with Crippen LogP contribution in [0.2, 0.25) is 0 Å². The van der Waals surface area contributed by atoms with E-state index in [1.165, 1.54) is 6.42 Å². The van der Waals surface area contributed by atoms with Crippen molar-refractivity contribution in [3.05, 3.63) is 5.82 Å². The van der Waals surface area contributed by atoms with Gasteiger partial charge in [-0.05, 0) is 25.3 Å². The summed E-state index contributed by atoms with van der Waals surface area (Å²) >= 11 is 0. The highest BCUT2D eigenvalue weighted by molar-refractivity contribution is 5.12. The van der Waals surface area contributed by atoms with Gasteiger partial charge >= 0.3 is 0 Å². The molecule has 0 saturated heterocycles. The molecule has 0 aliphatic heterocycles. The van der Waals surface area contributed by atoms with Gasteiger partial charge in [-0.25, -0.2) is 0 Å². The summed E-state index contributed by atoms with van der Waals surface area (Å²) in [6.45, 7) is 2.95. The van der Waals surface area contributed by atoms with Crippen LogP contribution in [0.5, 0.6) is 0 Å². The smallest absolute Gasteiger partial charge is 0.239 e. The third kappa shape index (κ3) is 3.33. The van der Waals surface area contributed by atoms with E-state index < -0.39 is 0 Å². The van der Waals surface area contributed by atoms with E-state index in [1.54, 1.807) is 0 Å². The number of nitrogens with two attached hydrogens (primary N) is 2. The minimum atomic E-state index is 0.326. The molecule has 0 bridgehead atoms. The van der Waals surface area contributed by atoms with E-state index in [1.807, 2.05) is 0 Å². The molecule has 0 fully saturated rings. The first-order valence-corrected chi connectivity index (χ1v) is 5.13. The average Bonchev–Trinajstić information content (AvgIpc) is 2.59. The van der Waals surface area contributed by atoms with E-state index in [9.17, 15) is 0 Å². The molecule has 1 unspecified atom stereocenters. The minimum Gasteiger partial charge on any atom is -0.367 e. The van der Waals surface area contributed by atoms with Gasteiger partial charge < -0.3 is 11.5 Å². The first kappa shape index (κ1) is 11.0. The van der Waals surface area contributed by atoms with E-state index in [2.05, 4.69) is 22.1 Å². The maximum absolute atomic E-state index is 5.52. The van der Waals surface area contributed by atoms with Gasteiger partial charge in [0.15, 0.2) is 0 Å². The van der Waals surface area contributed by atoms with Crippen LogP contribution in [0.25, 0.3) is 0 Å². The fourth-order valence-corrected chi connectivity index (χ4v) is 1.55. The van der Waals surface area contributed by atoms with Crippen molar-refractivity contribution in [2.45, 2.75) is 32.6 Å². The number of aromatic amines is 1. The van der Waals surface area contributed by atoms with E-state index in [4.69, 9.17) is 11.5 Å². The molecule has 5 nitrogen and oxygen atoms in total. The Morgan fingerprint density at radius 3 is 2.71 bits per heavy atom. The lowest BCUT2D eigenvalue weighted by Crippen LogP contribution is -2.09. The van der Waals surface area contributed by atoms with Gasteiger partial charge in [-0.1, -0.05) is 13.3 Å². The topological polar surface area (TPSA) is 93.6 Å². The van der Waals surface area contributed by atoms with Crippen LogP contribution >= 0.6 is 0 Å². The molecule has 0 spiro atoms. The fraction of sp³-hybridized carbons (Fsp3) is 0.778. The Kier molecular flexibility index (Phi) is 4.39. The molecule has 80 valence electrons. The molecule has 14 heavy (non-hydrogen) atoms. The third-order valence-electron chi connectivity index (χ3n) is 2.49. The summed E-state index contributed by atoms with van der Waals surface area (Å²) in [5.41, 5.74) is 10.9. The lowest BCUT2D eigenvalue weighted by atomic mass is 9.97. The van der Waals surface area contributed by atoms with Crippen LogP contribution < -0.4 is 11.5 Å². The van der Waals surface area contributed by atoms with Crippen LogP contribution in [0.4, 0.5) is 5.95 Å². The zero-order valence-corrected chi connectivity index (χ0v) is 8.66. The second kappa shape index (κ2) is 5.59.